The highest BCUT2D eigenvalue weighted by molar-refractivity contribution is 6.30. The van der Waals surface area contributed by atoms with E-state index in [0.717, 1.165) is 41.5 Å². The van der Waals surface area contributed by atoms with Crippen molar-refractivity contribution in [1.82, 2.24) is 15.3 Å². The lowest BCUT2D eigenvalue weighted by molar-refractivity contribution is 0.627. The van der Waals surface area contributed by atoms with Gasteiger partial charge < -0.3 is 5.32 Å². The molecule has 17 heavy (non-hydrogen) atoms. The minimum Gasteiger partial charge on any atom is -0.312 e. The molecule has 0 unspecified atom stereocenters. The van der Waals surface area contributed by atoms with Gasteiger partial charge in [0.05, 0.1) is 11.4 Å². The first-order valence-corrected chi connectivity index (χ1v) is 6.02. The maximum atomic E-state index is 6.02. The van der Waals surface area contributed by atoms with Crippen LogP contribution in [0.2, 0.25) is 5.02 Å². The summed E-state index contributed by atoms with van der Waals surface area (Å²) in [5.74, 6) is 0. The molecule has 2 heterocycles. The van der Waals surface area contributed by atoms with Crippen LogP contribution in [0.1, 0.15) is 11.3 Å². The molecule has 3 rings (SSSR count). The Bertz CT molecular complexity index is 554. The summed E-state index contributed by atoms with van der Waals surface area (Å²) >= 11 is 6.02. The van der Waals surface area contributed by atoms with E-state index in [1.165, 1.54) is 5.56 Å². The van der Waals surface area contributed by atoms with Crippen LogP contribution in [-0.2, 0) is 13.0 Å². The highest BCUT2D eigenvalue weighted by atomic mass is 35.5. The topological polar surface area (TPSA) is 37.8 Å². The molecule has 3 nitrogen and oxygen atoms in total. The van der Waals surface area contributed by atoms with Crippen LogP contribution in [0.5, 0.6) is 0 Å². The molecule has 86 valence electrons. The summed E-state index contributed by atoms with van der Waals surface area (Å²) in [6, 6.07) is 7.79. The van der Waals surface area contributed by atoms with Gasteiger partial charge in [-0.2, -0.15) is 0 Å². The Hall–Kier alpha value is -1.45. The molecule has 1 aromatic heterocycles. The molecule has 0 atom stereocenters. The first-order chi connectivity index (χ1) is 8.34. The van der Waals surface area contributed by atoms with E-state index in [1.54, 1.807) is 6.33 Å². The van der Waals surface area contributed by atoms with Crippen LogP contribution in [0.4, 0.5) is 0 Å². The largest absolute Gasteiger partial charge is 0.312 e. The second-order valence-electron chi connectivity index (χ2n) is 4.08. The molecule has 0 aliphatic carbocycles. The van der Waals surface area contributed by atoms with Gasteiger partial charge >= 0.3 is 0 Å². The molecule has 0 bridgehead atoms. The minimum atomic E-state index is 0.735. The van der Waals surface area contributed by atoms with Gasteiger partial charge in [0.2, 0.25) is 0 Å². The highest BCUT2D eigenvalue weighted by Crippen LogP contribution is 2.26. The number of hydrogen-bond acceptors (Lipinski definition) is 3. The van der Waals surface area contributed by atoms with E-state index in [9.17, 15) is 0 Å². The lowest BCUT2D eigenvalue weighted by Crippen LogP contribution is -2.25. The van der Waals surface area contributed by atoms with Crippen molar-refractivity contribution in [2.75, 3.05) is 6.54 Å². The standard InChI is InChI=1S/C13H12ClN3/c14-10-3-1-2-9(6-10)13-11-7-15-5-4-12(11)16-8-17-13/h1-3,6,8,15H,4-5,7H2. The van der Waals surface area contributed by atoms with E-state index in [-0.39, 0.29) is 0 Å². The van der Waals surface area contributed by atoms with Gasteiger partial charge in [0, 0.05) is 35.7 Å². The molecule has 0 saturated carbocycles. The number of fused-ring (bicyclic) bond motifs is 1. The molecule has 0 radical (unpaired) electrons. The Kier molecular flexibility index (Phi) is 2.79. The van der Waals surface area contributed by atoms with Crippen LogP contribution in [0.25, 0.3) is 11.3 Å². The van der Waals surface area contributed by atoms with E-state index < -0.39 is 0 Å². The molecule has 1 N–H and O–H groups in total. The minimum absolute atomic E-state index is 0.735. The van der Waals surface area contributed by atoms with Gasteiger partial charge in [-0.3, -0.25) is 0 Å². The van der Waals surface area contributed by atoms with Crippen molar-refractivity contribution in [1.29, 1.82) is 0 Å². The first kappa shape index (κ1) is 10.7. The highest BCUT2D eigenvalue weighted by Gasteiger charge is 2.15. The molecule has 0 fully saturated rings. The third-order valence-corrected chi connectivity index (χ3v) is 3.21. The van der Waals surface area contributed by atoms with Gasteiger partial charge in [0.1, 0.15) is 6.33 Å². The van der Waals surface area contributed by atoms with Crippen molar-refractivity contribution in [2.45, 2.75) is 13.0 Å². The molecule has 1 aromatic carbocycles. The predicted molar refractivity (Wildman–Crippen MR) is 67.9 cm³/mol. The SMILES string of the molecule is Clc1cccc(-c2ncnc3c2CNCC3)c1. The molecule has 0 saturated heterocycles. The van der Waals surface area contributed by atoms with Gasteiger partial charge in [-0.1, -0.05) is 23.7 Å². The Morgan fingerprint density at radius 2 is 2.18 bits per heavy atom. The molecular formula is C13H12ClN3. The van der Waals surface area contributed by atoms with Crippen LogP contribution in [0.3, 0.4) is 0 Å². The predicted octanol–water partition coefficient (Wildman–Crippen LogP) is 2.44. The van der Waals surface area contributed by atoms with Crippen molar-refractivity contribution < 1.29 is 0 Å². The number of nitrogens with zero attached hydrogens (tertiary/aromatic N) is 2. The molecule has 1 aliphatic rings. The van der Waals surface area contributed by atoms with E-state index in [1.807, 2.05) is 24.3 Å². The fourth-order valence-corrected chi connectivity index (χ4v) is 2.35. The number of benzene rings is 1. The smallest absolute Gasteiger partial charge is 0.116 e. The molecule has 0 amide bonds. The molecule has 1 aliphatic heterocycles. The molecule has 0 spiro atoms. The number of nitrogens with one attached hydrogen (secondary N) is 1. The van der Waals surface area contributed by atoms with E-state index >= 15 is 0 Å². The van der Waals surface area contributed by atoms with Gasteiger partial charge in [0.15, 0.2) is 0 Å². The third-order valence-electron chi connectivity index (χ3n) is 2.97. The summed E-state index contributed by atoms with van der Waals surface area (Å²) in [6.45, 7) is 1.82. The molecular weight excluding hydrogens is 234 g/mol. The molecule has 4 heteroatoms. The maximum Gasteiger partial charge on any atom is 0.116 e. The number of rotatable bonds is 1. The first-order valence-electron chi connectivity index (χ1n) is 5.64. The fraction of sp³-hybridized carbons (Fsp3) is 0.231. The number of hydrogen-bond donors (Lipinski definition) is 1. The van der Waals surface area contributed by atoms with Crippen molar-refractivity contribution in [2.24, 2.45) is 0 Å². The van der Waals surface area contributed by atoms with E-state index in [2.05, 4.69) is 15.3 Å². The number of aromatic nitrogens is 2. The van der Waals surface area contributed by atoms with E-state index in [0.29, 0.717) is 0 Å². The lowest BCUT2D eigenvalue weighted by Gasteiger charge is -2.18. The summed E-state index contributed by atoms with van der Waals surface area (Å²) in [4.78, 5) is 8.74. The quantitative estimate of drug-likeness (QED) is 0.839. The summed E-state index contributed by atoms with van der Waals surface area (Å²) in [7, 11) is 0. The van der Waals surface area contributed by atoms with Gasteiger partial charge in [0.25, 0.3) is 0 Å². The maximum absolute atomic E-state index is 6.02. The van der Waals surface area contributed by atoms with Gasteiger partial charge in [-0.25, -0.2) is 9.97 Å². The van der Waals surface area contributed by atoms with Crippen molar-refractivity contribution >= 4 is 11.6 Å². The second kappa shape index (κ2) is 4.43. The zero-order valence-corrected chi connectivity index (χ0v) is 10.0. The van der Waals surface area contributed by atoms with Gasteiger partial charge in [-0.05, 0) is 12.1 Å². The zero-order chi connectivity index (χ0) is 11.7. The normalized spacial score (nSPS) is 14.4. The second-order valence-corrected chi connectivity index (χ2v) is 4.52. The van der Waals surface area contributed by atoms with Gasteiger partial charge in [-0.15, -0.1) is 0 Å². The van der Waals surface area contributed by atoms with E-state index in [4.69, 9.17) is 11.6 Å². The summed E-state index contributed by atoms with van der Waals surface area (Å²) < 4.78 is 0. The summed E-state index contributed by atoms with van der Waals surface area (Å²) in [5, 5.41) is 4.09. The van der Waals surface area contributed by atoms with Crippen LogP contribution in [0.15, 0.2) is 30.6 Å². The van der Waals surface area contributed by atoms with Crippen molar-refractivity contribution in [3.63, 3.8) is 0 Å². The number of halogens is 1. The Morgan fingerprint density at radius 3 is 3.06 bits per heavy atom. The Balaban J connectivity index is 2.14. The average Bonchev–Trinajstić information content (AvgIpc) is 2.38. The molecule has 2 aromatic rings. The Labute approximate surface area is 105 Å². The third kappa shape index (κ3) is 2.04. The van der Waals surface area contributed by atoms with Crippen molar-refractivity contribution in [3.8, 4) is 11.3 Å². The van der Waals surface area contributed by atoms with Crippen molar-refractivity contribution in [3.05, 3.63) is 46.9 Å². The van der Waals surface area contributed by atoms with Crippen LogP contribution < -0.4 is 5.32 Å². The average molecular weight is 246 g/mol. The summed E-state index contributed by atoms with van der Waals surface area (Å²) in [6.07, 6.45) is 2.60. The Morgan fingerprint density at radius 1 is 1.24 bits per heavy atom. The monoisotopic (exact) mass is 245 g/mol. The van der Waals surface area contributed by atoms with Crippen LogP contribution >= 0.6 is 11.6 Å². The lowest BCUT2D eigenvalue weighted by atomic mass is 10.0. The zero-order valence-electron chi connectivity index (χ0n) is 9.28. The summed E-state index contributed by atoms with van der Waals surface area (Å²) in [5.41, 5.74) is 4.39. The van der Waals surface area contributed by atoms with Crippen LogP contribution in [0, 0.1) is 0 Å². The fourth-order valence-electron chi connectivity index (χ4n) is 2.15. The van der Waals surface area contributed by atoms with Crippen LogP contribution in [-0.4, -0.2) is 16.5 Å².